The average Bonchev–Trinajstić information content (AvgIpc) is 2.36. The molecule has 1 N–H and O–H groups in total. The van der Waals surface area contributed by atoms with Gasteiger partial charge in [0.05, 0.1) is 18.8 Å². The van der Waals surface area contributed by atoms with Crippen molar-refractivity contribution in [2.75, 3.05) is 6.61 Å². The Morgan fingerprint density at radius 3 is 2.39 bits per heavy atom. The van der Waals surface area contributed by atoms with Gasteiger partial charge in [-0.2, -0.15) is 0 Å². The molecule has 0 aliphatic carbocycles. The van der Waals surface area contributed by atoms with Crippen LogP contribution in [-0.2, 0) is 4.74 Å². The van der Waals surface area contributed by atoms with Crippen molar-refractivity contribution in [2.24, 2.45) is 5.92 Å². The summed E-state index contributed by atoms with van der Waals surface area (Å²) in [5.41, 5.74) is 0.696. The summed E-state index contributed by atoms with van der Waals surface area (Å²) < 4.78 is 5.33. The van der Waals surface area contributed by atoms with Gasteiger partial charge < -0.3 is 9.84 Å². The molecule has 0 saturated carbocycles. The zero-order chi connectivity index (χ0) is 13.5. The SMILES string of the molecule is CC(C)OCC(O)CC(C)C(=O)c1ccccc1. The number of hydrogen-bond acceptors (Lipinski definition) is 3. The molecule has 0 spiro atoms. The summed E-state index contributed by atoms with van der Waals surface area (Å²) in [6.07, 6.45) is -0.0599. The van der Waals surface area contributed by atoms with Crippen molar-refractivity contribution in [1.82, 2.24) is 0 Å². The minimum absolute atomic E-state index is 0.0687. The minimum Gasteiger partial charge on any atom is -0.391 e. The monoisotopic (exact) mass is 250 g/mol. The lowest BCUT2D eigenvalue weighted by Crippen LogP contribution is -2.24. The molecule has 2 unspecified atom stereocenters. The van der Waals surface area contributed by atoms with Crippen LogP contribution in [0.4, 0.5) is 0 Å². The van der Waals surface area contributed by atoms with Crippen molar-refractivity contribution in [3.8, 4) is 0 Å². The summed E-state index contributed by atoms with van der Waals surface area (Å²) >= 11 is 0. The van der Waals surface area contributed by atoms with Crippen molar-refractivity contribution in [3.63, 3.8) is 0 Å². The van der Waals surface area contributed by atoms with Crippen molar-refractivity contribution in [3.05, 3.63) is 35.9 Å². The second-order valence-electron chi connectivity index (χ2n) is 4.90. The topological polar surface area (TPSA) is 46.5 Å². The number of rotatable bonds is 7. The molecular weight excluding hydrogens is 228 g/mol. The Kier molecular flexibility index (Phi) is 6.02. The van der Waals surface area contributed by atoms with Crippen LogP contribution in [0.1, 0.15) is 37.6 Å². The van der Waals surface area contributed by atoms with Gasteiger partial charge in [-0.3, -0.25) is 4.79 Å². The van der Waals surface area contributed by atoms with Gasteiger partial charge in [0.25, 0.3) is 0 Å². The molecule has 0 radical (unpaired) electrons. The van der Waals surface area contributed by atoms with Gasteiger partial charge in [0.15, 0.2) is 5.78 Å². The maximum atomic E-state index is 12.1. The van der Waals surface area contributed by atoms with Gasteiger partial charge in [-0.15, -0.1) is 0 Å². The third-order valence-corrected chi connectivity index (χ3v) is 2.75. The fraction of sp³-hybridized carbons (Fsp3) is 0.533. The number of hydrogen-bond donors (Lipinski definition) is 1. The first-order valence-electron chi connectivity index (χ1n) is 6.39. The summed E-state index contributed by atoms with van der Waals surface area (Å²) in [7, 11) is 0. The highest BCUT2D eigenvalue weighted by atomic mass is 16.5. The first-order chi connectivity index (χ1) is 8.50. The van der Waals surface area contributed by atoms with Gasteiger partial charge >= 0.3 is 0 Å². The Morgan fingerprint density at radius 1 is 1.22 bits per heavy atom. The number of aliphatic hydroxyl groups excluding tert-OH is 1. The Morgan fingerprint density at radius 2 is 1.83 bits per heavy atom. The molecule has 2 atom stereocenters. The van der Waals surface area contributed by atoms with Crippen LogP contribution >= 0.6 is 0 Å². The molecule has 0 aromatic heterocycles. The van der Waals surface area contributed by atoms with E-state index in [1.54, 1.807) is 12.1 Å². The number of Topliss-reactive ketones (excluding diaryl/α,β-unsaturated/α-hetero) is 1. The molecule has 1 aromatic rings. The summed E-state index contributed by atoms with van der Waals surface area (Å²) in [5.74, 6) is -0.127. The quantitative estimate of drug-likeness (QED) is 0.757. The predicted octanol–water partition coefficient (Wildman–Crippen LogP) is 2.68. The van der Waals surface area contributed by atoms with Gasteiger partial charge in [-0.25, -0.2) is 0 Å². The molecule has 0 saturated heterocycles. The van der Waals surface area contributed by atoms with Crippen LogP contribution in [0.25, 0.3) is 0 Å². The molecule has 18 heavy (non-hydrogen) atoms. The fourth-order valence-electron chi connectivity index (χ4n) is 1.77. The lowest BCUT2D eigenvalue weighted by molar-refractivity contribution is -0.00200. The number of carbonyl (C=O) groups is 1. The molecule has 3 nitrogen and oxygen atoms in total. The lowest BCUT2D eigenvalue weighted by atomic mass is 9.94. The summed E-state index contributed by atoms with van der Waals surface area (Å²) in [6.45, 7) is 5.97. The minimum atomic E-state index is -0.588. The van der Waals surface area contributed by atoms with E-state index in [-0.39, 0.29) is 24.4 Å². The predicted molar refractivity (Wildman–Crippen MR) is 71.6 cm³/mol. The highest BCUT2D eigenvalue weighted by molar-refractivity contribution is 5.97. The van der Waals surface area contributed by atoms with E-state index in [0.29, 0.717) is 12.0 Å². The maximum absolute atomic E-state index is 12.1. The van der Waals surface area contributed by atoms with E-state index in [0.717, 1.165) is 0 Å². The smallest absolute Gasteiger partial charge is 0.165 e. The second-order valence-corrected chi connectivity index (χ2v) is 4.90. The Bertz CT molecular complexity index is 359. The van der Waals surface area contributed by atoms with Crippen molar-refractivity contribution in [1.29, 1.82) is 0 Å². The Hall–Kier alpha value is -1.19. The highest BCUT2D eigenvalue weighted by Gasteiger charge is 2.19. The van der Waals surface area contributed by atoms with Crippen LogP contribution in [0.15, 0.2) is 30.3 Å². The van der Waals surface area contributed by atoms with E-state index in [1.807, 2.05) is 39.0 Å². The van der Waals surface area contributed by atoms with E-state index in [4.69, 9.17) is 4.74 Å². The van der Waals surface area contributed by atoms with E-state index in [9.17, 15) is 9.90 Å². The van der Waals surface area contributed by atoms with E-state index < -0.39 is 6.10 Å². The molecular formula is C15H22O3. The third kappa shape index (κ3) is 4.98. The molecule has 0 aliphatic heterocycles. The first-order valence-corrected chi connectivity index (χ1v) is 6.39. The molecule has 0 heterocycles. The first kappa shape index (κ1) is 14.9. The van der Waals surface area contributed by atoms with Crippen molar-refractivity contribution in [2.45, 2.75) is 39.4 Å². The van der Waals surface area contributed by atoms with Crippen LogP contribution in [-0.4, -0.2) is 29.7 Å². The van der Waals surface area contributed by atoms with Gasteiger partial charge in [0.2, 0.25) is 0 Å². The molecule has 0 aliphatic rings. The number of benzene rings is 1. The highest BCUT2D eigenvalue weighted by Crippen LogP contribution is 2.14. The molecule has 1 rings (SSSR count). The zero-order valence-electron chi connectivity index (χ0n) is 11.3. The summed E-state index contributed by atoms with van der Waals surface area (Å²) in [6, 6.07) is 9.18. The van der Waals surface area contributed by atoms with E-state index >= 15 is 0 Å². The third-order valence-electron chi connectivity index (χ3n) is 2.75. The second kappa shape index (κ2) is 7.29. The molecule has 100 valence electrons. The molecule has 0 fully saturated rings. The van der Waals surface area contributed by atoms with Crippen LogP contribution in [0.3, 0.4) is 0 Å². The summed E-state index contributed by atoms with van der Waals surface area (Å²) in [5, 5.41) is 9.79. The Labute approximate surface area is 109 Å². The number of ether oxygens (including phenoxy) is 1. The number of ketones is 1. The number of carbonyl (C=O) groups excluding carboxylic acids is 1. The van der Waals surface area contributed by atoms with Crippen LogP contribution in [0.5, 0.6) is 0 Å². The van der Waals surface area contributed by atoms with Crippen LogP contribution < -0.4 is 0 Å². The molecule has 3 heteroatoms. The summed E-state index contributed by atoms with van der Waals surface area (Å²) in [4.78, 5) is 12.1. The maximum Gasteiger partial charge on any atom is 0.165 e. The fourth-order valence-corrected chi connectivity index (χ4v) is 1.77. The van der Waals surface area contributed by atoms with Crippen molar-refractivity contribution >= 4 is 5.78 Å². The lowest BCUT2D eigenvalue weighted by Gasteiger charge is -2.17. The van der Waals surface area contributed by atoms with E-state index in [1.165, 1.54) is 0 Å². The van der Waals surface area contributed by atoms with Gasteiger partial charge in [-0.1, -0.05) is 37.3 Å². The normalized spacial score (nSPS) is 14.5. The van der Waals surface area contributed by atoms with Crippen LogP contribution in [0.2, 0.25) is 0 Å². The molecule has 1 aromatic carbocycles. The van der Waals surface area contributed by atoms with Crippen molar-refractivity contribution < 1.29 is 14.6 Å². The van der Waals surface area contributed by atoms with Gasteiger partial charge in [0, 0.05) is 11.5 Å². The van der Waals surface area contributed by atoms with Gasteiger partial charge in [0.1, 0.15) is 0 Å². The van der Waals surface area contributed by atoms with Gasteiger partial charge in [-0.05, 0) is 20.3 Å². The largest absolute Gasteiger partial charge is 0.391 e. The molecule has 0 amide bonds. The van der Waals surface area contributed by atoms with Crippen LogP contribution in [0, 0.1) is 5.92 Å². The standard InChI is InChI=1S/C15H22O3/c1-11(2)18-10-14(16)9-12(3)15(17)13-7-5-4-6-8-13/h4-8,11-12,14,16H,9-10H2,1-3H3. The van der Waals surface area contributed by atoms with E-state index in [2.05, 4.69) is 0 Å². The Balaban J connectivity index is 2.45. The zero-order valence-corrected chi connectivity index (χ0v) is 11.3. The molecule has 0 bridgehead atoms. The average molecular weight is 250 g/mol. The number of aliphatic hydroxyl groups is 1.